The number of hydrogen-bond donors (Lipinski definition) is 0. The highest BCUT2D eigenvalue weighted by molar-refractivity contribution is 5.84. The fourth-order valence-electron chi connectivity index (χ4n) is 4.18. The lowest BCUT2D eigenvalue weighted by molar-refractivity contribution is -0.146. The number of hydrogen-bond acceptors (Lipinski definition) is 3. The van der Waals surface area contributed by atoms with Crippen molar-refractivity contribution in [2.45, 2.75) is 63.5 Å². The molecule has 22 heavy (non-hydrogen) atoms. The third kappa shape index (κ3) is 3.29. The largest absolute Gasteiger partial charge is 0.381 e. The molecule has 1 saturated carbocycles. The number of nitrogens with zero attached hydrogens (tertiary/aromatic N) is 2. The summed E-state index contributed by atoms with van der Waals surface area (Å²) in [4.78, 5) is 29.0. The maximum absolute atomic E-state index is 12.8. The van der Waals surface area contributed by atoms with Crippen LogP contribution in [0.5, 0.6) is 0 Å². The molecule has 3 rings (SSSR count). The van der Waals surface area contributed by atoms with Crippen LogP contribution in [0.25, 0.3) is 0 Å². The van der Waals surface area contributed by atoms with Gasteiger partial charge in [-0.05, 0) is 32.1 Å². The molecule has 0 spiro atoms. The Morgan fingerprint density at radius 3 is 2.50 bits per heavy atom. The van der Waals surface area contributed by atoms with E-state index in [-0.39, 0.29) is 17.7 Å². The SMILES string of the molecule is CN(C(=O)[C@@H]1CCC(=O)N(C2CCCC2)C1)C1CCOCC1. The number of rotatable bonds is 3. The minimum absolute atomic E-state index is 0.00820. The molecule has 0 unspecified atom stereocenters. The fraction of sp³-hybridized carbons (Fsp3) is 0.882. The maximum atomic E-state index is 12.8. The minimum Gasteiger partial charge on any atom is -0.381 e. The Balaban J connectivity index is 1.60. The smallest absolute Gasteiger partial charge is 0.227 e. The van der Waals surface area contributed by atoms with E-state index in [1.807, 2.05) is 16.8 Å². The first kappa shape index (κ1) is 15.8. The number of carbonyl (C=O) groups is 2. The molecule has 0 aromatic carbocycles. The van der Waals surface area contributed by atoms with Gasteiger partial charge in [0.2, 0.25) is 11.8 Å². The summed E-state index contributed by atoms with van der Waals surface area (Å²) in [6.45, 7) is 2.13. The summed E-state index contributed by atoms with van der Waals surface area (Å²) in [5, 5.41) is 0. The van der Waals surface area contributed by atoms with Gasteiger partial charge in [0.05, 0.1) is 5.92 Å². The number of piperidine rings is 1. The Hall–Kier alpha value is -1.10. The first-order chi connectivity index (χ1) is 10.7. The average Bonchev–Trinajstić information content (AvgIpc) is 3.09. The fourth-order valence-corrected chi connectivity index (χ4v) is 4.18. The van der Waals surface area contributed by atoms with Crippen LogP contribution in [-0.4, -0.2) is 60.5 Å². The van der Waals surface area contributed by atoms with E-state index in [0.29, 0.717) is 31.5 Å². The van der Waals surface area contributed by atoms with E-state index in [2.05, 4.69) is 0 Å². The van der Waals surface area contributed by atoms with Gasteiger partial charge < -0.3 is 14.5 Å². The lowest BCUT2D eigenvalue weighted by Gasteiger charge is -2.39. The van der Waals surface area contributed by atoms with Crippen LogP contribution < -0.4 is 0 Å². The van der Waals surface area contributed by atoms with Gasteiger partial charge in [-0.25, -0.2) is 0 Å². The molecule has 0 aromatic heterocycles. The molecular weight excluding hydrogens is 280 g/mol. The van der Waals surface area contributed by atoms with Gasteiger partial charge in [-0.15, -0.1) is 0 Å². The molecular formula is C17H28N2O3. The van der Waals surface area contributed by atoms with Crippen molar-refractivity contribution in [3.05, 3.63) is 0 Å². The molecule has 2 amide bonds. The summed E-state index contributed by atoms with van der Waals surface area (Å²) in [6, 6.07) is 0.690. The Kier molecular flexibility index (Phi) is 5.01. The van der Waals surface area contributed by atoms with Crippen molar-refractivity contribution >= 4 is 11.8 Å². The summed E-state index contributed by atoms with van der Waals surface area (Å²) < 4.78 is 5.38. The molecule has 0 N–H and O–H groups in total. The second-order valence-electron chi connectivity index (χ2n) is 7.01. The third-order valence-electron chi connectivity index (χ3n) is 5.64. The number of amides is 2. The third-order valence-corrected chi connectivity index (χ3v) is 5.64. The molecule has 2 aliphatic heterocycles. The molecule has 1 atom stereocenters. The van der Waals surface area contributed by atoms with E-state index in [0.717, 1.165) is 38.9 Å². The summed E-state index contributed by atoms with van der Waals surface area (Å²) >= 11 is 0. The van der Waals surface area contributed by atoms with E-state index in [4.69, 9.17) is 4.74 Å². The standard InChI is InChI=1S/C17H28N2O3/c1-18(14-8-10-22-11-9-14)17(21)13-6-7-16(20)19(12-13)15-4-2-3-5-15/h13-15H,2-12H2,1H3/t13-/m1/s1. The van der Waals surface area contributed by atoms with E-state index >= 15 is 0 Å². The van der Waals surface area contributed by atoms with Crippen LogP contribution in [0.15, 0.2) is 0 Å². The van der Waals surface area contributed by atoms with Crippen LogP contribution in [0.2, 0.25) is 0 Å². The van der Waals surface area contributed by atoms with Gasteiger partial charge in [0, 0.05) is 45.3 Å². The van der Waals surface area contributed by atoms with Gasteiger partial charge in [0.1, 0.15) is 0 Å². The molecule has 3 aliphatic rings. The van der Waals surface area contributed by atoms with Gasteiger partial charge in [0.25, 0.3) is 0 Å². The lowest BCUT2D eigenvalue weighted by Crippen LogP contribution is -2.51. The van der Waals surface area contributed by atoms with Gasteiger partial charge in [-0.2, -0.15) is 0 Å². The highest BCUT2D eigenvalue weighted by Gasteiger charge is 2.37. The highest BCUT2D eigenvalue weighted by atomic mass is 16.5. The lowest BCUT2D eigenvalue weighted by atomic mass is 9.93. The zero-order valence-electron chi connectivity index (χ0n) is 13.6. The first-order valence-electron chi connectivity index (χ1n) is 8.80. The molecule has 1 aliphatic carbocycles. The molecule has 0 radical (unpaired) electrons. The normalized spacial score (nSPS) is 28.1. The Morgan fingerprint density at radius 1 is 1.14 bits per heavy atom. The Labute approximate surface area is 133 Å². The predicted octanol–water partition coefficient (Wildman–Crippen LogP) is 1.80. The first-order valence-corrected chi connectivity index (χ1v) is 8.80. The van der Waals surface area contributed by atoms with Gasteiger partial charge in [-0.1, -0.05) is 12.8 Å². The molecule has 3 fully saturated rings. The molecule has 2 heterocycles. The van der Waals surface area contributed by atoms with Gasteiger partial charge in [0.15, 0.2) is 0 Å². The van der Waals surface area contributed by atoms with Crippen LogP contribution in [0.4, 0.5) is 0 Å². The molecule has 0 aromatic rings. The number of carbonyl (C=O) groups excluding carboxylic acids is 2. The van der Waals surface area contributed by atoms with E-state index in [1.165, 1.54) is 12.8 Å². The van der Waals surface area contributed by atoms with E-state index in [1.54, 1.807) is 0 Å². The Bertz CT molecular complexity index is 414. The van der Waals surface area contributed by atoms with Crippen molar-refractivity contribution in [1.82, 2.24) is 9.80 Å². The Morgan fingerprint density at radius 2 is 1.82 bits per heavy atom. The average molecular weight is 308 g/mol. The van der Waals surface area contributed by atoms with E-state index in [9.17, 15) is 9.59 Å². The van der Waals surface area contributed by atoms with Crippen molar-refractivity contribution in [3.8, 4) is 0 Å². The summed E-state index contributed by atoms with van der Waals surface area (Å²) in [5.74, 6) is 0.471. The highest BCUT2D eigenvalue weighted by Crippen LogP contribution is 2.29. The van der Waals surface area contributed by atoms with Crippen molar-refractivity contribution in [2.24, 2.45) is 5.92 Å². The number of ether oxygens (including phenoxy) is 1. The molecule has 5 nitrogen and oxygen atoms in total. The second-order valence-corrected chi connectivity index (χ2v) is 7.01. The second kappa shape index (κ2) is 6.99. The summed E-state index contributed by atoms with van der Waals surface area (Å²) in [5.41, 5.74) is 0. The molecule has 124 valence electrons. The van der Waals surface area contributed by atoms with Crippen molar-refractivity contribution < 1.29 is 14.3 Å². The molecule has 2 saturated heterocycles. The summed E-state index contributed by atoms with van der Waals surface area (Å²) in [7, 11) is 1.93. The van der Waals surface area contributed by atoms with Crippen molar-refractivity contribution in [1.29, 1.82) is 0 Å². The zero-order chi connectivity index (χ0) is 15.5. The number of likely N-dealkylation sites (tertiary alicyclic amines) is 1. The quantitative estimate of drug-likeness (QED) is 0.799. The maximum Gasteiger partial charge on any atom is 0.227 e. The van der Waals surface area contributed by atoms with Gasteiger partial charge in [-0.3, -0.25) is 9.59 Å². The van der Waals surface area contributed by atoms with Crippen LogP contribution in [0.3, 0.4) is 0 Å². The van der Waals surface area contributed by atoms with Crippen molar-refractivity contribution in [2.75, 3.05) is 26.8 Å². The zero-order valence-corrected chi connectivity index (χ0v) is 13.6. The van der Waals surface area contributed by atoms with Crippen LogP contribution in [0, 0.1) is 5.92 Å². The monoisotopic (exact) mass is 308 g/mol. The summed E-state index contributed by atoms with van der Waals surface area (Å²) in [6.07, 6.45) is 7.78. The van der Waals surface area contributed by atoms with Gasteiger partial charge >= 0.3 is 0 Å². The van der Waals surface area contributed by atoms with Crippen LogP contribution >= 0.6 is 0 Å². The molecule has 0 bridgehead atoms. The molecule has 5 heteroatoms. The predicted molar refractivity (Wildman–Crippen MR) is 83.3 cm³/mol. The minimum atomic E-state index is -0.00820. The van der Waals surface area contributed by atoms with Crippen LogP contribution in [-0.2, 0) is 14.3 Å². The topological polar surface area (TPSA) is 49.9 Å². The van der Waals surface area contributed by atoms with Crippen LogP contribution in [0.1, 0.15) is 51.4 Å². The van der Waals surface area contributed by atoms with E-state index < -0.39 is 0 Å². The van der Waals surface area contributed by atoms with Crippen molar-refractivity contribution in [3.63, 3.8) is 0 Å².